The number of rotatable bonds is 4. The minimum atomic E-state index is -0.674. The number of aromatic nitrogens is 1. The quantitative estimate of drug-likeness (QED) is 0.720. The van der Waals surface area contributed by atoms with Crippen LogP contribution in [0.2, 0.25) is 5.02 Å². The van der Waals surface area contributed by atoms with E-state index in [1.807, 2.05) is 29.6 Å². The molecule has 0 radical (unpaired) electrons. The number of nitrogens with one attached hydrogen (secondary N) is 1. The summed E-state index contributed by atoms with van der Waals surface area (Å²) in [6.45, 7) is 0. The molecule has 1 heterocycles. The van der Waals surface area contributed by atoms with Crippen LogP contribution in [-0.4, -0.2) is 18.0 Å². The van der Waals surface area contributed by atoms with Crippen LogP contribution in [0, 0.1) is 5.82 Å². The van der Waals surface area contributed by atoms with E-state index in [9.17, 15) is 9.18 Å². The highest BCUT2D eigenvalue weighted by atomic mass is 35.5. The summed E-state index contributed by atoms with van der Waals surface area (Å²) in [5.41, 5.74) is 1.53. The summed E-state index contributed by atoms with van der Waals surface area (Å²) < 4.78 is 18.9. The van der Waals surface area contributed by atoms with Crippen molar-refractivity contribution in [3.63, 3.8) is 0 Å². The smallest absolute Gasteiger partial charge is 0.260 e. The molecule has 0 saturated carbocycles. The van der Waals surface area contributed by atoms with Crippen LogP contribution in [0.3, 0.4) is 0 Å². The van der Waals surface area contributed by atoms with Gasteiger partial charge in [-0.05, 0) is 42.5 Å². The Labute approximate surface area is 146 Å². The zero-order valence-electron chi connectivity index (χ0n) is 12.5. The summed E-state index contributed by atoms with van der Waals surface area (Å²) in [7, 11) is 1.60. The molecule has 0 saturated heterocycles. The molecular weight excluding hydrogens is 351 g/mol. The standard InChI is InChI=1S/C17H12ClFN2O2S/c1-23-12-5-2-10(3-6-12)15-9-24-17(20-15)21-16(22)13-7-4-11(18)8-14(13)19/h2-9H,1H3,(H,20,21,22). The molecule has 122 valence electrons. The van der Waals surface area contributed by atoms with Crippen molar-refractivity contribution in [1.29, 1.82) is 0 Å². The second-order valence-corrected chi connectivity index (χ2v) is 6.14. The Balaban J connectivity index is 1.76. The normalized spacial score (nSPS) is 10.5. The number of methoxy groups -OCH3 is 1. The van der Waals surface area contributed by atoms with E-state index in [0.29, 0.717) is 5.13 Å². The van der Waals surface area contributed by atoms with Crippen LogP contribution in [0.15, 0.2) is 47.8 Å². The van der Waals surface area contributed by atoms with Gasteiger partial charge in [-0.3, -0.25) is 10.1 Å². The van der Waals surface area contributed by atoms with Gasteiger partial charge in [-0.15, -0.1) is 11.3 Å². The first-order valence-electron chi connectivity index (χ1n) is 6.93. The molecule has 3 aromatic rings. The number of amides is 1. The Morgan fingerprint density at radius 1 is 1.25 bits per heavy atom. The zero-order chi connectivity index (χ0) is 17.1. The highest BCUT2D eigenvalue weighted by Crippen LogP contribution is 2.27. The fourth-order valence-electron chi connectivity index (χ4n) is 2.06. The Bertz CT molecular complexity index is 881. The van der Waals surface area contributed by atoms with Crippen LogP contribution in [0.1, 0.15) is 10.4 Å². The minimum absolute atomic E-state index is 0.0828. The van der Waals surface area contributed by atoms with Crippen molar-refractivity contribution < 1.29 is 13.9 Å². The summed E-state index contributed by atoms with van der Waals surface area (Å²) in [6, 6.07) is 11.3. The fraction of sp³-hybridized carbons (Fsp3) is 0.0588. The summed E-state index contributed by atoms with van der Waals surface area (Å²) in [5.74, 6) is -0.493. The third kappa shape index (κ3) is 3.55. The summed E-state index contributed by atoms with van der Waals surface area (Å²) >= 11 is 6.95. The molecule has 1 N–H and O–H groups in total. The third-order valence-corrected chi connectivity index (χ3v) is 4.28. The van der Waals surface area contributed by atoms with E-state index in [2.05, 4.69) is 10.3 Å². The average molecular weight is 363 g/mol. The molecule has 0 unspecified atom stereocenters. The van der Waals surface area contributed by atoms with Gasteiger partial charge in [-0.25, -0.2) is 9.37 Å². The Morgan fingerprint density at radius 3 is 2.67 bits per heavy atom. The van der Waals surface area contributed by atoms with Gasteiger partial charge in [0.05, 0.1) is 18.4 Å². The van der Waals surface area contributed by atoms with Gasteiger partial charge in [0.25, 0.3) is 5.91 Å². The van der Waals surface area contributed by atoms with Gasteiger partial charge in [0.15, 0.2) is 5.13 Å². The molecule has 0 spiro atoms. The SMILES string of the molecule is COc1ccc(-c2csc(NC(=O)c3ccc(Cl)cc3F)n2)cc1. The molecule has 0 bridgehead atoms. The van der Waals surface area contributed by atoms with Gasteiger partial charge in [0.1, 0.15) is 11.6 Å². The van der Waals surface area contributed by atoms with Gasteiger partial charge in [0.2, 0.25) is 0 Å². The van der Waals surface area contributed by atoms with E-state index in [-0.39, 0.29) is 10.6 Å². The predicted octanol–water partition coefficient (Wildman–Crippen LogP) is 4.86. The number of halogens is 2. The maximum absolute atomic E-state index is 13.8. The molecule has 4 nitrogen and oxygen atoms in total. The fourth-order valence-corrected chi connectivity index (χ4v) is 2.94. The molecule has 0 fully saturated rings. The molecule has 0 aliphatic rings. The maximum Gasteiger partial charge on any atom is 0.260 e. The molecule has 0 atom stereocenters. The molecular formula is C17H12ClFN2O2S. The van der Waals surface area contributed by atoms with Crippen LogP contribution in [0.25, 0.3) is 11.3 Å². The lowest BCUT2D eigenvalue weighted by Gasteiger charge is -2.03. The number of ether oxygens (including phenoxy) is 1. The van der Waals surface area contributed by atoms with Crippen molar-refractivity contribution >= 4 is 34.0 Å². The lowest BCUT2D eigenvalue weighted by molar-refractivity contribution is 0.102. The molecule has 0 aliphatic carbocycles. The second-order valence-electron chi connectivity index (χ2n) is 4.84. The molecule has 24 heavy (non-hydrogen) atoms. The van der Waals surface area contributed by atoms with E-state index in [4.69, 9.17) is 16.3 Å². The predicted molar refractivity (Wildman–Crippen MR) is 93.5 cm³/mol. The molecule has 1 amide bonds. The van der Waals surface area contributed by atoms with Crippen molar-refractivity contribution in [3.05, 3.63) is 64.2 Å². The van der Waals surface area contributed by atoms with Gasteiger partial charge in [0, 0.05) is 16.0 Å². The zero-order valence-corrected chi connectivity index (χ0v) is 14.1. The first-order chi connectivity index (χ1) is 11.6. The van der Waals surface area contributed by atoms with Crippen LogP contribution in [0.5, 0.6) is 5.75 Å². The van der Waals surface area contributed by atoms with E-state index < -0.39 is 11.7 Å². The minimum Gasteiger partial charge on any atom is -0.497 e. The second kappa shape index (κ2) is 6.98. The van der Waals surface area contributed by atoms with Crippen molar-refractivity contribution in [1.82, 2.24) is 4.98 Å². The highest BCUT2D eigenvalue weighted by Gasteiger charge is 2.14. The molecule has 7 heteroatoms. The van der Waals surface area contributed by atoms with Crippen molar-refractivity contribution in [2.75, 3.05) is 12.4 Å². The number of benzene rings is 2. The van der Waals surface area contributed by atoms with Crippen LogP contribution in [0.4, 0.5) is 9.52 Å². The first-order valence-corrected chi connectivity index (χ1v) is 8.19. The Morgan fingerprint density at radius 2 is 2.00 bits per heavy atom. The molecule has 2 aromatic carbocycles. The van der Waals surface area contributed by atoms with Crippen molar-refractivity contribution in [2.45, 2.75) is 0 Å². The number of carbonyl (C=O) groups is 1. The van der Waals surface area contributed by atoms with Gasteiger partial charge in [-0.1, -0.05) is 11.6 Å². The molecule has 0 aliphatic heterocycles. The summed E-state index contributed by atoms with van der Waals surface area (Å²) in [4.78, 5) is 16.5. The average Bonchev–Trinajstić information content (AvgIpc) is 3.03. The Kier molecular flexibility index (Phi) is 4.78. The number of hydrogen-bond donors (Lipinski definition) is 1. The molecule has 3 rings (SSSR count). The van der Waals surface area contributed by atoms with Crippen LogP contribution >= 0.6 is 22.9 Å². The van der Waals surface area contributed by atoms with E-state index >= 15 is 0 Å². The third-order valence-electron chi connectivity index (χ3n) is 3.29. The topological polar surface area (TPSA) is 51.2 Å². The van der Waals surface area contributed by atoms with E-state index in [1.54, 1.807) is 7.11 Å². The largest absolute Gasteiger partial charge is 0.497 e. The lowest BCUT2D eigenvalue weighted by atomic mass is 10.2. The summed E-state index contributed by atoms with van der Waals surface area (Å²) in [6.07, 6.45) is 0. The first kappa shape index (κ1) is 16.4. The van der Waals surface area contributed by atoms with Gasteiger partial charge >= 0.3 is 0 Å². The number of hydrogen-bond acceptors (Lipinski definition) is 4. The monoisotopic (exact) mass is 362 g/mol. The Hall–Kier alpha value is -2.44. The van der Waals surface area contributed by atoms with Crippen LogP contribution < -0.4 is 10.1 Å². The highest BCUT2D eigenvalue weighted by molar-refractivity contribution is 7.14. The number of anilines is 1. The number of nitrogens with zero attached hydrogens (tertiary/aromatic N) is 1. The van der Waals surface area contributed by atoms with Crippen molar-refractivity contribution in [3.8, 4) is 17.0 Å². The van der Waals surface area contributed by atoms with Crippen molar-refractivity contribution in [2.24, 2.45) is 0 Å². The summed E-state index contributed by atoms with van der Waals surface area (Å²) in [5, 5.41) is 5.03. The maximum atomic E-state index is 13.8. The number of carbonyl (C=O) groups excluding carboxylic acids is 1. The number of thiazole rings is 1. The molecule has 1 aromatic heterocycles. The lowest BCUT2D eigenvalue weighted by Crippen LogP contribution is -2.13. The van der Waals surface area contributed by atoms with Gasteiger partial charge < -0.3 is 4.74 Å². The van der Waals surface area contributed by atoms with Crippen LogP contribution in [-0.2, 0) is 0 Å². The van der Waals surface area contributed by atoms with Gasteiger partial charge in [-0.2, -0.15) is 0 Å². The van der Waals surface area contributed by atoms with E-state index in [0.717, 1.165) is 23.1 Å². The van der Waals surface area contributed by atoms with E-state index in [1.165, 1.54) is 23.5 Å².